The molecular formula is C14H18N2O3. The minimum atomic E-state index is -0.789. The van der Waals surface area contributed by atoms with E-state index in [9.17, 15) is 9.59 Å². The van der Waals surface area contributed by atoms with E-state index in [4.69, 9.17) is 5.11 Å². The van der Waals surface area contributed by atoms with E-state index in [1.165, 1.54) is 0 Å². The first-order chi connectivity index (χ1) is 9.08. The van der Waals surface area contributed by atoms with Crippen LogP contribution >= 0.6 is 0 Å². The van der Waals surface area contributed by atoms with Crippen molar-refractivity contribution in [2.45, 2.75) is 39.0 Å². The number of rotatable bonds is 4. The smallest absolute Gasteiger partial charge is 0.303 e. The lowest BCUT2D eigenvalue weighted by molar-refractivity contribution is -0.137. The van der Waals surface area contributed by atoms with Crippen molar-refractivity contribution < 1.29 is 14.7 Å². The number of pyridine rings is 1. The molecule has 1 aliphatic rings. The molecule has 102 valence electrons. The second-order valence-electron chi connectivity index (χ2n) is 4.81. The first kappa shape index (κ1) is 13.5. The summed E-state index contributed by atoms with van der Waals surface area (Å²) in [7, 11) is 0. The van der Waals surface area contributed by atoms with Crippen LogP contribution in [0.15, 0.2) is 12.1 Å². The van der Waals surface area contributed by atoms with Crippen molar-refractivity contribution in [2.24, 2.45) is 0 Å². The molecule has 1 N–H and O–H groups in total. The van der Waals surface area contributed by atoms with Crippen molar-refractivity contribution in [1.82, 2.24) is 4.98 Å². The molecule has 1 aliphatic heterocycles. The Morgan fingerprint density at radius 3 is 2.89 bits per heavy atom. The van der Waals surface area contributed by atoms with Crippen LogP contribution in [0, 0.1) is 0 Å². The van der Waals surface area contributed by atoms with Gasteiger partial charge in [-0.15, -0.1) is 0 Å². The van der Waals surface area contributed by atoms with Gasteiger partial charge < -0.3 is 5.11 Å². The maximum absolute atomic E-state index is 11.6. The zero-order valence-corrected chi connectivity index (χ0v) is 11.1. The minimum absolute atomic E-state index is 0.0103. The summed E-state index contributed by atoms with van der Waals surface area (Å²) in [5.74, 6) is -0.0222. The number of amides is 1. The average Bonchev–Trinajstić information content (AvgIpc) is 2.37. The van der Waals surface area contributed by atoms with E-state index in [-0.39, 0.29) is 12.3 Å². The zero-order chi connectivity index (χ0) is 13.8. The van der Waals surface area contributed by atoms with E-state index in [0.717, 1.165) is 29.9 Å². The highest BCUT2D eigenvalue weighted by Gasteiger charge is 2.21. The summed E-state index contributed by atoms with van der Waals surface area (Å²) < 4.78 is 0. The van der Waals surface area contributed by atoms with E-state index < -0.39 is 5.97 Å². The number of fused-ring (bicyclic) bond motifs is 1. The van der Waals surface area contributed by atoms with Crippen LogP contribution in [-0.2, 0) is 22.4 Å². The van der Waals surface area contributed by atoms with Gasteiger partial charge in [0.25, 0.3) is 0 Å². The summed E-state index contributed by atoms with van der Waals surface area (Å²) >= 11 is 0. The standard InChI is InChI=1S/C14H18N2O3/c1-10(17)16-9-3-4-11-7-8-12(15-14(11)16)5-2-6-13(18)19/h7-8H,2-6,9H2,1H3,(H,18,19). The Morgan fingerprint density at radius 2 is 2.21 bits per heavy atom. The van der Waals surface area contributed by atoms with E-state index in [1.54, 1.807) is 11.8 Å². The maximum Gasteiger partial charge on any atom is 0.303 e. The summed E-state index contributed by atoms with van der Waals surface area (Å²) in [5, 5.41) is 8.63. The monoisotopic (exact) mass is 262 g/mol. The van der Waals surface area contributed by atoms with Gasteiger partial charge in [-0.05, 0) is 37.3 Å². The molecule has 0 spiro atoms. The first-order valence-corrected chi connectivity index (χ1v) is 6.56. The predicted octanol–water partition coefficient (Wildman–Crippen LogP) is 1.79. The lowest BCUT2D eigenvalue weighted by Gasteiger charge is -2.27. The Hall–Kier alpha value is -1.91. The number of nitrogens with zero attached hydrogens (tertiary/aromatic N) is 2. The van der Waals surface area contributed by atoms with Crippen LogP contribution in [-0.4, -0.2) is 28.5 Å². The normalized spacial score (nSPS) is 14.1. The fourth-order valence-electron chi connectivity index (χ4n) is 2.35. The Kier molecular flexibility index (Phi) is 4.14. The summed E-state index contributed by atoms with van der Waals surface area (Å²) in [6, 6.07) is 3.94. The van der Waals surface area contributed by atoms with E-state index >= 15 is 0 Å². The van der Waals surface area contributed by atoms with Crippen molar-refractivity contribution in [1.29, 1.82) is 0 Å². The van der Waals surface area contributed by atoms with Gasteiger partial charge in [-0.1, -0.05) is 6.07 Å². The van der Waals surface area contributed by atoms with Crippen molar-refractivity contribution >= 4 is 17.7 Å². The number of hydrogen-bond acceptors (Lipinski definition) is 3. The fraction of sp³-hybridized carbons (Fsp3) is 0.500. The molecule has 5 heteroatoms. The highest BCUT2D eigenvalue weighted by Crippen LogP contribution is 2.25. The second-order valence-corrected chi connectivity index (χ2v) is 4.81. The van der Waals surface area contributed by atoms with E-state index in [0.29, 0.717) is 19.4 Å². The molecule has 0 aliphatic carbocycles. The van der Waals surface area contributed by atoms with Gasteiger partial charge in [0.05, 0.1) is 0 Å². The molecule has 5 nitrogen and oxygen atoms in total. The third-order valence-electron chi connectivity index (χ3n) is 3.30. The number of carboxylic acid groups (broad SMARTS) is 1. The highest BCUT2D eigenvalue weighted by atomic mass is 16.4. The number of aryl methyl sites for hydroxylation is 2. The molecule has 0 fully saturated rings. The lowest BCUT2D eigenvalue weighted by Crippen LogP contribution is -2.34. The molecule has 0 unspecified atom stereocenters. The van der Waals surface area contributed by atoms with Gasteiger partial charge in [0.2, 0.25) is 5.91 Å². The number of anilines is 1. The Labute approximate surface area is 112 Å². The van der Waals surface area contributed by atoms with Gasteiger partial charge in [-0.25, -0.2) is 4.98 Å². The van der Waals surface area contributed by atoms with E-state index in [1.807, 2.05) is 12.1 Å². The van der Waals surface area contributed by atoms with Crippen molar-refractivity contribution in [3.8, 4) is 0 Å². The molecule has 1 amide bonds. The number of hydrogen-bond donors (Lipinski definition) is 1. The molecule has 0 saturated heterocycles. The lowest BCUT2D eigenvalue weighted by atomic mass is 10.0. The highest BCUT2D eigenvalue weighted by molar-refractivity contribution is 5.91. The summed E-state index contributed by atoms with van der Waals surface area (Å²) in [5.41, 5.74) is 1.96. The number of carbonyl (C=O) groups is 2. The SMILES string of the molecule is CC(=O)N1CCCc2ccc(CCCC(=O)O)nc21. The van der Waals surface area contributed by atoms with Crippen molar-refractivity contribution in [3.05, 3.63) is 23.4 Å². The van der Waals surface area contributed by atoms with Gasteiger partial charge in [-0.3, -0.25) is 14.5 Å². The number of carbonyl (C=O) groups excluding carboxylic acids is 1. The number of aromatic nitrogens is 1. The molecule has 0 saturated carbocycles. The van der Waals surface area contributed by atoms with Crippen LogP contribution in [0.2, 0.25) is 0 Å². The Bertz CT molecular complexity index is 499. The van der Waals surface area contributed by atoms with Crippen LogP contribution in [0.1, 0.15) is 37.4 Å². The van der Waals surface area contributed by atoms with Crippen LogP contribution < -0.4 is 4.90 Å². The fourth-order valence-corrected chi connectivity index (χ4v) is 2.35. The van der Waals surface area contributed by atoms with E-state index in [2.05, 4.69) is 4.98 Å². The molecular weight excluding hydrogens is 244 g/mol. The summed E-state index contributed by atoms with van der Waals surface area (Å²) in [4.78, 5) is 28.3. The molecule has 2 rings (SSSR count). The first-order valence-electron chi connectivity index (χ1n) is 6.56. The Morgan fingerprint density at radius 1 is 1.42 bits per heavy atom. The van der Waals surface area contributed by atoms with Gasteiger partial charge >= 0.3 is 5.97 Å². The van der Waals surface area contributed by atoms with Crippen molar-refractivity contribution in [3.63, 3.8) is 0 Å². The molecule has 0 bridgehead atoms. The maximum atomic E-state index is 11.6. The topological polar surface area (TPSA) is 70.5 Å². The van der Waals surface area contributed by atoms with Gasteiger partial charge in [0, 0.05) is 25.6 Å². The van der Waals surface area contributed by atoms with Crippen LogP contribution in [0.3, 0.4) is 0 Å². The van der Waals surface area contributed by atoms with Crippen molar-refractivity contribution in [2.75, 3.05) is 11.4 Å². The number of aliphatic carboxylic acids is 1. The average molecular weight is 262 g/mol. The third kappa shape index (κ3) is 3.30. The molecule has 19 heavy (non-hydrogen) atoms. The van der Waals surface area contributed by atoms with Crippen LogP contribution in [0.4, 0.5) is 5.82 Å². The minimum Gasteiger partial charge on any atom is -0.481 e. The Balaban J connectivity index is 2.14. The van der Waals surface area contributed by atoms with Gasteiger partial charge in [-0.2, -0.15) is 0 Å². The molecule has 2 heterocycles. The van der Waals surface area contributed by atoms with Crippen LogP contribution in [0.5, 0.6) is 0 Å². The number of carboxylic acids is 1. The second kappa shape index (κ2) is 5.82. The zero-order valence-electron chi connectivity index (χ0n) is 11.1. The quantitative estimate of drug-likeness (QED) is 0.898. The molecule has 1 aromatic heterocycles. The molecule has 0 atom stereocenters. The van der Waals surface area contributed by atoms with Gasteiger partial charge in [0.15, 0.2) is 0 Å². The summed E-state index contributed by atoms with van der Waals surface area (Å²) in [6.45, 7) is 2.27. The molecule has 0 aromatic carbocycles. The third-order valence-corrected chi connectivity index (χ3v) is 3.30. The van der Waals surface area contributed by atoms with Crippen LogP contribution in [0.25, 0.3) is 0 Å². The van der Waals surface area contributed by atoms with Gasteiger partial charge in [0.1, 0.15) is 5.82 Å². The summed E-state index contributed by atoms with van der Waals surface area (Å²) in [6.07, 6.45) is 3.26. The molecule has 0 radical (unpaired) electrons. The molecule has 1 aromatic rings. The largest absolute Gasteiger partial charge is 0.481 e. The predicted molar refractivity (Wildman–Crippen MR) is 71.2 cm³/mol.